The Bertz CT molecular complexity index is 814. The van der Waals surface area contributed by atoms with Crippen LogP contribution < -0.4 is 10.1 Å². The number of amides is 1. The summed E-state index contributed by atoms with van der Waals surface area (Å²) in [5.41, 5.74) is 1.36. The fourth-order valence-corrected chi connectivity index (χ4v) is 4.46. The zero-order valence-electron chi connectivity index (χ0n) is 17.5. The maximum Gasteiger partial charge on any atom is 0.422 e. The standard InChI is InChI=1S/C22H28F3NO4/c1-4-13-10-16(30-12-22(23,24)25)11-14(5-2)17(13)18-19(27)21(26-20(18)28)8-6-15(29-3)7-9-21/h10-11,15,27H,4-9,12H2,1-3H3,(H,26,28)/t15-,21+. The highest BCUT2D eigenvalue weighted by Gasteiger charge is 2.48. The van der Waals surface area contributed by atoms with E-state index in [9.17, 15) is 23.1 Å². The van der Waals surface area contributed by atoms with E-state index in [1.807, 2.05) is 13.8 Å². The fourth-order valence-electron chi connectivity index (χ4n) is 4.46. The van der Waals surface area contributed by atoms with Gasteiger partial charge in [0, 0.05) is 7.11 Å². The lowest BCUT2D eigenvalue weighted by molar-refractivity contribution is -0.153. The van der Waals surface area contributed by atoms with Gasteiger partial charge in [-0.05, 0) is 67.3 Å². The van der Waals surface area contributed by atoms with E-state index in [0.29, 0.717) is 42.4 Å². The van der Waals surface area contributed by atoms with Gasteiger partial charge in [-0.25, -0.2) is 0 Å². The molecule has 1 amide bonds. The van der Waals surface area contributed by atoms with Crippen molar-refractivity contribution in [3.8, 4) is 5.75 Å². The number of rotatable bonds is 6. The van der Waals surface area contributed by atoms with E-state index >= 15 is 0 Å². The lowest BCUT2D eigenvalue weighted by Crippen LogP contribution is -2.48. The molecular weight excluding hydrogens is 399 g/mol. The monoisotopic (exact) mass is 427 g/mol. The predicted octanol–water partition coefficient (Wildman–Crippen LogP) is 4.48. The molecule has 1 fully saturated rings. The Morgan fingerprint density at radius 3 is 2.20 bits per heavy atom. The first kappa shape index (κ1) is 22.5. The molecule has 2 aliphatic rings. The van der Waals surface area contributed by atoms with E-state index in [0.717, 1.165) is 12.8 Å². The van der Waals surface area contributed by atoms with Crippen molar-refractivity contribution in [2.24, 2.45) is 0 Å². The van der Waals surface area contributed by atoms with Gasteiger partial charge in [0.15, 0.2) is 6.61 Å². The largest absolute Gasteiger partial charge is 0.509 e. The molecule has 166 valence electrons. The summed E-state index contributed by atoms with van der Waals surface area (Å²) in [7, 11) is 1.65. The zero-order chi connectivity index (χ0) is 22.1. The van der Waals surface area contributed by atoms with Crippen molar-refractivity contribution in [3.05, 3.63) is 34.6 Å². The van der Waals surface area contributed by atoms with Crippen LogP contribution in [-0.4, -0.2) is 42.5 Å². The quantitative estimate of drug-likeness (QED) is 0.703. The lowest BCUT2D eigenvalue weighted by atomic mass is 9.78. The minimum atomic E-state index is -4.43. The van der Waals surface area contributed by atoms with Crippen LogP contribution in [0.3, 0.4) is 0 Å². The van der Waals surface area contributed by atoms with Crippen LogP contribution in [0.4, 0.5) is 13.2 Å². The number of aryl methyl sites for hydroxylation is 2. The second kappa shape index (κ2) is 8.49. The summed E-state index contributed by atoms with van der Waals surface area (Å²) >= 11 is 0. The Hall–Kier alpha value is -2.22. The van der Waals surface area contributed by atoms with Crippen LogP contribution >= 0.6 is 0 Å². The predicted molar refractivity (Wildman–Crippen MR) is 106 cm³/mol. The summed E-state index contributed by atoms with van der Waals surface area (Å²) in [5, 5.41) is 14.1. The molecule has 1 aromatic carbocycles. The second-order valence-electron chi connectivity index (χ2n) is 7.92. The Morgan fingerprint density at radius 2 is 1.73 bits per heavy atom. The maximum absolute atomic E-state index is 12.9. The van der Waals surface area contributed by atoms with Crippen molar-refractivity contribution in [3.63, 3.8) is 0 Å². The molecule has 1 spiro atoms. The van der Waals surface area contributed by atoms with Crippen LogP contribution in [0.25, 0.3) is 5.57 Å². The fraction of sp³-hybridized carbons (Fsp3) is 0.591. The van der Waals surface area contributed by atoms with Gasteiger partial charge in [-0.1, -0.05) is 13.8 Å². The third-order valence-corrected chi connectivity index (χ3v) is 6.08. The van der Waals surface area contributed by atoms with Crippen LogP contribution in [0.2, 0.25) is 0 Å². The topological polar surface area (TPSA) is 67.8 Å². The Balaban J connectivity index is 2.02. The molecule has 3 rings (SSSR count). The summed E-state index contributed by atoms with van der Waals surface area (Å²) in [6.07, 6.45) is -0.782. The van der Waals surface area contributed by atoms with E-state index < -0.39 is 18.3 Å². The highest BCUT2D eigenvalue weighted by atomic mass is 19.4. The number of alkyl halides is 3. The van der Waals surface area contributed by atoms with E-state index in [1.165, 1.54) is 12.1 Å². The summed E-state index contributed by atoms with van der Waals surface area (Å²) in [6, 6.07) is 3.06. The van der Waals surface area contributed by atoms with Crippen LogP contribution in [0.1, 0.15) is 56.2 Å². The molecule has 5 nitrogen and oxygen atoms in total. The first-order chi connectivity index (χ1) is 14.1. The Kier molecular flexibility index (Phi) is 6.36. The SMILES string of the molecule is CCc1cc(OCC(F)(F)F)cc(CC)c1C1=C(O)[C@]2(CC[C@H](OC)CC2)NC1=O. The van der Waals surface area contributed by atoms with Gasteiger partial charge >= 0.3 is 6.18 Å². The third kappa shape index (κ3) is 4.29. The molecule has 0 aromatic heterocycles. The number of hydrogen-bond donors (Lipinski definition) is 2. The number of hydrogen-bond acceptors (Lipinski definition) is 4. The number of halogens is 3. The molecule has 8 heteroatoms. The lowest BCUT2D eigenvalue weighted by Gasteiger charge is -2.36. The van der Waals surface area contributed by atoms with Gasteiger partial charge < -0.3 is 19.9 Å². The number of carbonyl (C=O) groups excluding carboxylic acids is 1. The molecule has 0 atom stereocenters. The van der Waals surface area contributed by atoms with Gasteiger partial charge in [-0.2, -0.15) is 13.2 Å². The highest BCUT2D eigenvalue weighted by Crippen LogP contribution is 2.44. The van der Waals surface area contributed by atoms with Gasteiger partial charge in [0.1, 0.15) is 11.5 Å². The number of ether oxygens (including phenoxy) is 2. The third-order valence-electron chi connectivity index (χ3n) is 6.08. The smallest absolute Gasteiger partial charge is 0.422 e. The number of aliphatic hydroxyl groups is 1. The second-order valence-corrected chi connectivity index (χ2v) is 7.92. The van der Waals surface area contributed by atoms with Crippen molar-refractivity contribution in [2.45, 2.75) is 70.2 Å². The number of methoxy groups -OCH3 is 1. The molecule has 1 saturated carbocycles. The zero-order valence-corrected chi connectivity index (χ0v) is 17.5. The molecule has 0 bridgehead atoms. The van der Waals surface area contributed by atoms with E-state index in [2.05, 4.69) is 5.32 Å². The average molecular weight is 427 g/mol. The molecule has 0 unspecified atom stereocenters. The van der Waals surface area contributed by atoms with Crippen LogP contribution in [0.5, 0.6) is 5.75 Å². The Morgan fingerprint density at radius 1 is 1.17 bits per heavy atom. The molecule has 1 aliphatic carbocycles. The van der Waals surface area contributed by atoms with Crippen LogP contribution in [0.15, 0.2) is 17.9 Å². The van der Waals surface area contributed by atoms with Crippen molar-refractivity contribution >= 4 is 11.5 Å². The van der Waals surface area contributed by atoms with E-state index in [4.69, 9.17) is 9.47 Å². The molecule has 30 heavy (non-hydrogen) atoms. The summed E-state index contributed by atoms with van der Waals surface area (Å²) in [5.74, 6) is -0.217. The maximum atomic E-state index is 12.9. The molecule has 1 heterocycles. The van der Waals surface area contributed by atoms with E-state index in [-0.39, 0.29) is 29.1 Å². The summed E-state index contributed by atoms with van der Waals surface area (Å²) in [4.78, 5) is 12.9. The summed E-state index contributed by atoms with van der Waals surface area (Å²) in [6.45, 7) is 2.34. The minimum Gasteiger partial charge on any atom is -0.509 e. The van der Waals surface area contributed by atoms with Gasteiger partial charge in [0.2, 0.25) is 0 Å². The molecule has 1 aliphatic heterocycles. The molecule has 0 radical (unpaired) electrons. The first-order valence-electron chi connectivity index (χ1n) is 10.3. The van der Waals surface area contributed by atoms with Crippen molar-refractivity contribution in [1.29, 1.82) is 0 Å². The molecule has 1 aromatic rings. The molecular formula is C22H28F3NO4. The van der Waals surface area contributed by atoms with Gasteiger partial charge in [-0.15, -0.1) is 0 Å². The van der Waals surface area contributed by atoms with Crippen molar-refractivity contribution in [1.82, 2.24) is 5.32 Å². The number of benzene rings is 1. The average Bonchev–Trinajstić information content (AvgIpc) is 2.95. The minimum absolute atomic E-state index is 0.0235. The van der Waals surface area contributed by atoms with Gasteiger partial charge in [0.05, 0.1) is 17.2 Å². The van der Waals surface area contributed by atoms with Gasteiger partial charge in [-0.3, -0.25) is 4.79 Å². The molecule has 2 N–H and O–H groups in total. The van der Waals surface area contributed by atoms with Gasteiger partial charge in [0.25, 0.3) is 5.91 Å². The normalized spacial score (nSPS) is 24.5. The van der Waals surface area contributed by atoms with Crippen LogP contribution in [0, 0.1) is 0 Å². The molecule has 0 saturated heterocycles. The summed E-state index contributed by atoms with van der Waals surface area (Å²) < 4.78 is 48.0. The highest BCUT2D eigenvalue weighted by molar-refractivity contribution is 6.24. The van der Waals surface area contributed by atoms with E-state index in [1.54, 1.807) is 7.11 Å². The number of aliphatic hydroxyl groups excluding tert-OH is 1. The number of nitrogens with one attached hydrogen (secondary N) is 1. The van der Waals surface area contributed by atoms with Crippen molar-refractivity contribution in [2.75, 3.05) is 13.7 Å². The Labute approximate surface area is 174 Å². The van der Waals surface area contributed by atoms with Crippen LogP contribution in [-0.2, 0) is 22.4 Å². The van der Waals surface area contributed by atoms with Crippen molar-refractivity contribution < 1.29 is 32.5 Å². The number of carbonyl (C=O) groups is 1. The first-order valence-corrected chi connectivity index (χ1v) is 10.3.